The van der Waals surface area contributed by atoms with E-state index in [-0.39, 0.29) is 5.56 Å². The first-order valence-electron chi connectivity index (χ1n) is 4.56. The van der Waals surface area contributed by atoms with Gasteiger partial charge in [0, 0.05) is 18.0 Å². The molecule has 1 aliphatic rings. The standard InChI is InChI=1S/C10H8N4O/c1-14-9-8-6(5-11-14)3-2-4-7(8)10(15)13-12-9/h2-5H,1H3,(H,13,15). The van der Waals surface area contributed by atoms with Crippen LogP contribution in [-0.2, 0) is 0 Å². The highest BCUT2D eigenvalue weighted by Crippen LogP contribution is 2.26. The molecule has 0 saturated heterocycles. The van der Waals surface area contributed by atoms with E-state index in [1.54, 1.807) is 24.3 Å². The lowest BCUT2D eigenvalue weighted by atomic mass is 10.1. The Balaban J connectivity index is 2.59. The first-order chi connectivity index (χ1) is 7.27. The van der Waals surface area contributed by atoms with Crippen molar-refractivity contribution in [1.82, 2.24) is 10.2 Å². The zero-order chi connectivity index (χ0) is 10.4. The fourth-order valence-corrected chi connectivity index (χ4v) is 1.77. The summed E-state index contributed by atoms with van der Waals surface area (Å²) in [5, 5.41) is 13.8. The quantitative estimate of drug-likeness (QED) is 0.681. The lowest BCUT2D eigenvalue weighted by Gasteiger charge is -2.18. The van der Waals surface area contributed by atoms with Crippen LogP contribution in [0.2, 0.25) is 0 Å². The molecule has 2 aromatic rings. The first kappa shape index (κ1) is 8.16. The van der Waals surface area contributed by atoms with E-state index >= 15 is 0 Å². The van der Waals surface area contributed by atoms with Crippen molar-refractivity contribution in [2.24, 2.45) is 5.10 Å². The van der Waals surface area contributed by atoms with E-state index in [1.165, 1.54) is 0 Å². The summed E-state index contributed by atoms with van der Waals surface area (Å²) in [6.07, 6.45) is 1.73. The average Bonchev–Trinajstić information content (AvgIpc) is 2.26. The Hall–Kier alpha value is -2.17. The zero-order valence-corrected chi connectivity index (χ0v) is 8.06. The number of aromatic nitrogens is 2. The molecule has 0 atom stereocenters. The number of hydrazone groups is 1. The SMILES string of the molecule is CN1N=Cc2cccc3c(=O)[nH]nc1c23. The van der Waals surface area contributed by atoms with Gasteiger partial charge in [0.15, 0.2) is 5.82 Å². The monoisotopic (exact) mass is 200 g/mol. The molecule has 3 rings (SSSR count). The smallest absolute Gasteiger partial charge is 0.267 e. The third-order valence-corrected chi connectivity index (χ3v) is 2.50. The van der Waals surface area contributed by atoms with E-state index in [4.69, 9.17) is 0 Å². The van der Waals surface area contributed by atoms with Gasteiger partial charge in [-0.15, -0.1) is 0 Å². The summed E-state index contributed by atoms with van der Waals surface area (Å²) in [4.78, 5) is 11.5. The molecule has 1 aliphatic heterocycles. The Bertz CT molecular complexity index is 629. The van der Waals surface area contributed by atoms with Gasteiger partial charge in [0.25, 0.3) is 5.56 Å². The number of hydrogen-bond donors (Lipinski definition) is 1. The Morgan fingerprint density at radius 2 is 2.27 bits per heavy atom. The van der Waals surface area contributed by atoms with E-state index in [0.29, 0.717) is 11.2 Å². The van der Waals surface area contributed by atoms with Gasteiger partial charge in [0.05, 0.1) is 11.6 Å². The summed E-state index contributed by atoms with van der Waals surface area (Å²) < 4.78 is 0. The molecule has 1 aromatic carbocycles. The van der Waals surface area contributed by atoms with Gasteiger partial charge < -0.3 is 0 Å². The molecule has 15 heavy (non-hydrogen) atoms. The molecule has 0 radical (unpaired) electrons. The van der Waals surface area contributed by atoms with Crippen LogP contribution in [0.1, 0.15) is 5.56 Å². The predicted octanol–water partition coefficient (Wildman–Crippen LogP) is 0.707. The highest BCUT2D eigenvalue weighted by Gasteiger charge is 2.15. The van der Waals surface area contributed by atoms with Crippen molar-refractivity contribution < 1.29 is 0 Å². The maximum absolute atomic E-state index is 11.5. The Morgan fingerprint density at radius 1 is 1.40 bits per heavy atom. The summed E-state index contributed by atoms with van der Waals surface area (Å²) in [5.41, 5.74) is 0.763. The number of aromatic amines is 1. The van der Waals surface area contributed by atoms with Gasteiger partial charge in [-0.1, -0.05) is 12.1 Å². The summed E-state index contributed by atoms with van der Waals surface area (Å²) in [6.45, 7) is 0. The Labute approximate surface area is 85.0 Å². The number of anilines is 1. The fourth-order valence-electron chi connectivity index (χ4n) is 1.77. The minimum absolute atomic E-state index is 0.167. The molecular weight excluding hydrogens is 192 g/mol. The third kappa shape index (κ3) is 0.999. The van der Waals surface area contributed by atoms with Gasteiger partial charge >= 0.3 is 0 Å². The normalized spacial score (nSPS) is 13.5. The lowest BCUT2D eigenvalue weighted by molar-refractivity contribution is 0.916. The topological polar surface area (TPSA) is 61.4 Å². The summed E-state index contributed by atoms with van der Waals surface area (Å²) in [7, 11) is 1.80. The average molecular weight is 200 g/mol. The van der Waals surface area contributed by atoms with Gasteiger partial charge in [0.1, 0.15) is 0 Å². The summed E-state index contributed by atoms with van der Waals surface area (Å²) >= 11 is 0. The van der Waals surface area contributed by atoms with E-state index < -0.39 is 0 Å². The number of nitrogens with one attached hydrogen (secondary N) is 1. The molecule has 0 unspecified atom stereocenters. The van der Waals surface area contributed by atoms with E-state index in [9.17, 15) is 4.79 Å². The lowest BCUT2D eigenvalue weighted by Crippen LogP contribution is -2.20. The van der Waals surface area contributed by atoms with Crippen LogP contribution < -0.4 is 10.6 Å². The Morgan fingerprint density at radius 3 is 3.13 bits per heavy atom. The molecule has 0 aliphatic carbocycles. The van der Waals surface area contributed by atoms with Gasteiger partial charge in [-0.25, -0.2) is 10.1 Å². The molecule has 0 amide bonds. The second-order valence-corrected chi connectivity index (χ2v) is 3.41. The highest BCUT2D eigenvalue weighted by molar-refractivity contribution is 6.06. The van der Waals surface area contributed by atoms with Crippen LogP contribution >= 0.6 is 0 Å². The van der Waals surface area contributed by atoms with Crippen molar-refractivity contribution in [2.45, 2.75) is 0 Å². The summed E-state index contributed by atoms with van der Waals surface area (Å²) in [5.74, 6) is 0.683. The maximum Gasteiger partial charge on any atom is 0.272 e. The predicted molar refractivity (Wildman–Crippen MR) is 58.4 cm³/mol. The molecule has 0 fully saturated rings. The van der Waals surface area contributed by atoms with Crippen LogP contribution in [0.5, 0.6) is 0 Å². The first-order valence-corrected chi connectivity index (χ1v) is 4.56. The van der Waals surface area contributed by atoms with E-state index in [1.807, 2.05) is 12.1 Å². The minimum Gasteiger partial charge on any atom is -0.267 e. The van der Waals surface area contributed by atoms with Crippen LogP contribution in [0.25, 0.3) is 10.8 Å². The van der Waals surface area contributed by atoms with Crippen molar-refractivity contribution in [3.63, 3.8) is 0 Å². The molecule has 0 spiro atoms. The maximum atomic E-state index is 11.5. The van der Waals surface area contributed by atoms with E-state index in [0.717, 1.165) is 10.9 Å². The molecule has 0 bridgehead atoms. The molecule has 5 heteroatoms. The second kappa shape index (κ2) is 2.66. The molecule has 1 N–H and O–H groups in total. The van der Waals surface area contributed by atoms with Gasteiger partial charge in [-0.2, -0.15) is 10.2 Å². The molecule has 1 aromatic heterocycles. The van der Waals surface area contributed by atoms with Crippen LogP contribution in [0, 0.1) is 0 Å². The zero-order valence-electron chi connectivity index (χ0n) is 8.06. The van der Waals surface area contributed by atoms with Gasteiger partial charge in [0.2, 0.25) is 0 Å². The third-order valence-electron chi connectivity index (χ3n) is 2.50. The fraction of sp³-hybridized carbons (Fsp3) is 0.100. The number of H-pyrrole nitrogens is 1. The van der Waals surface area contributed by atoms with Crippen molar-refractivity contribution in [3.8, 4) is 0 Å². The number of nitrogens with zero attached hydrogens (tertiary/aromatic N) is 3. The highest BCUT2D eigenvalue weighted by atomic mass is 16.1. The van der Waals surface area contributed by atoms with E-state index in [2.05, 4.69) is 15.3 Å². The van der Waals surface area contributed by atoms with Crippen molar-refractivity contribution in [3.05, 3.63) is 34.1 Å². The number of benzene rings is 1. The van der Waals surface area contributed by atoms with Gasteiger partial charge in [-0.3, -0.25) is 4.79 Å². The van der Waals surface area contributed by atoms with Crippen LogP contribution in [-0.4, -0.2) is 23.5 Å². The largest absolute Gasteiger partial charge is 0.272 e. The molecule has 0 saturated carbocycles. The van der Waals surface area contributed by atoms with Crippen LogP contribution in [0.15, 0.2) is 28.1 Å². The van der Waals surface area contributed by atoms with Crippen LogP contribution in [0.3, 0.4) is 0 Å². The number of rotatable bonds is 0. The summed E-state index contributed by atoms with van der Waals surface area (Å²) in [6, 6.07) is 5.55. The van der Waals surface area contributed by atoms with Crippen molar-refractivity contribution >= 4 is 22.8 Å². The van der Waals surface area contributed by atoms with Gasteiger partial charge in [-0.05, 0) is 6.07 Å². The van der Waals surface area contributed by atoms with Crippen LogP contribution in [0.4, 0.5) is 5.82 Å². The van der Waals surface area contributed by atoms with Crippen molar-refractivity contribution in [2.75, 3.05) is 12.1 Å². The van der Waals surface area contributed by atoms with Crippen molar-refractivity contribution in [1.29, 1.82) is 0 Å². The molecule has 74 valence electrons. The Kier molecular flexibility index (Phi) is 1.45. The molecule has 5 nitrogen and oxygen atoms in total. The molecular formula is C10H8N4O. The molecule has 2 heterocycles. The minimum atomic E-state index is -0.167. The second-order valence-electron chi connectivity index (χ2n) is 3.41. The number of hydrogen-bond acceptors (Lipinski definition) is 4.